The highest BCUT2D eigenvalue weighted by Gasteiger charge is 2.22. The zero-order chi connectivity index (χ0) is 13.7. The molecule has 1 saturated heterocycles. The lowest BCUT2D eigenvalue weighted by molar-refractivity contribution is -0.116. The number of nitrogens with one attached hydrogen (secondary N) is 1. The van der Waals surface area contributed by atoms with Gasteiger partial charge in [0, 0.05) is 6.42 Å². The molecule has 5 nitrogen and oxygen atoms in total. The van der Waals surface area contributed by atoms with Gasteiger partial charge in [-0.05, 0) is 31.0 Å². The fraction of sp³-hybridized carbons (Fsp3) is 0.429. The molecule has 1 atom stereocenters. The molecule has 1 N–H and O–H groups in total. The molecular weight excluding hydrogens is 246 g/mol. The number of ether oxygens (including phenoxy) is 2. The van der Waals surface area contributed by atoms with Crippen molar-refractivity contribution < 1.29 is 19.1 Å². The van der Waals surface area contributed by atoms with E-state index in [1.54, 1.807) is 6.92 Å². The largest absolute Gasteiger partial charge is 0.490 e. The monoisotopic (exact) mass is 263 g/mol. The van der Waals surface area contributed by atoms with Crippen LogP contribution in [0.25, 0.3) is 0 Å². The van der Waals surface area contributed by atoms with Crippen LogP contribution < -0.4 is 10.1 Å². The predicted octanol–water partition coefficient (Wildman–Crippen LogP) is 1.70. The minimum atomic E-state index is -0.395. The third-order valence-electron chi connectivity index (χ3n) is 2.87. The summed E-state index contributed by atoms with van der Waals surface area (Å²) in [5.74, 6) is 0.922. The minimum Gasteiger partial charge on any atom is -0.490 e. The first-order chi connectivity index (χ1) is 9.13. The number of hydrogen-bond donors (Lipinski definition) is 1. The van der Waals surface area contributed by atoms with Gasteiger partial charge in [0.1, 0.15) is 18.1 Å². The first-order valence-corrected chi connectivity index (χ1v) is 6.29. The van der Waals surface area contributed by atoms with Crippen molar-refractivity contribution >= 4 is 11.9 Å². The van der Waals surface area contributed by atoms with Gasteiger partial charge < -0.3 is 19.6 Å². The van der Waals surface area contributed by atoms with E-state index in [9.17, 15) is 9.59 Å². The van der Waals surface area contributed by atoms with Crippen LogP contribution in [-0.2, 0) is 16.0 Å². The molecule has 1 aromatic carbocycles. The van der Waals surface area contributed by atoms with Gasteiger partial charge in [0.15, 0.2) is 6.10 Å². The summed E-state index contributed by atoms with van der Waals surface area (Å²) < 4.78 is 10.5. The Hall–Kier alpha value is -2.04. The van der Waals surface area contributed by atoms with E-state index in [0.29, 0.717) is 19.6 Å². The summed E-state index contributed by atoms with van der Waals surface area (Å²) in [7, 11) is 0. The Bertz CT molecular complexity index is 455. The van der Waals surface area contributed by atoms with Gasteiger partial charge in [-0.25, -0.2) is 4.79 Å². The molecule has 0 aliphatic carbocycles. The predicted molar refractivity (Wildman–Crippen MR) is 69.2 cm³/mol. The van der Waals surface area contributed by atoms with Crippen LogP contribution in [0.4, 0.5) is 4.79 Å². The number of Topliss-reactive ketones (excluding diaryl/α,β-unsaturated/α-hetero) is 1. The number of aryl methyl sites for hydroxylation is 1. The van der Waals surface area contributed by atoms with Gasteiger partial charge in [0.2, 0.25) is 0 Å². The second-order valence-corrected chi connectivity index (χ2v) is 4.57. The molecule has 1 amide bonds. The average molecular weight is 263 g/mol. The molecule has 0 radical (unpaired) electrons. The van der Waals surface area contributed by atoms with E-state index in [0.717, 1.165) is 17.7 Å². The average Bonchev–Trinajstić information content (AvgIpc) is 2.81. The minimum absolute atomic E-state index is 0.191. The molecule has 1 aromatic rings. The lowest BCUT2D eigenvalue weighted by Crippen LogP contribution is -2.21. The molecular formula is C14H17NO4. The van der Waals surface area contributed by atoms with Crippen molar-refractivity contribution in [3.05, 3.63) is 29.8 Å². The van der Waals surface area contributed by atoms with Gasteiger partial charge in [0.25, 0.3) is 0 Å². The summed E-state index contributed by atoms with van der Waals surface area (Å²) in [6.07, 6.45) is 0.682. The number of ketones is 1. The van der Waals surface area contributed by atoms with E-state index >= 15 is 0 Å². The summed E-state index contributed by atoms with van der Waals surface area (Å²) in [6, 6.07) is 7.60. The van der Waals surface area contributed by atoms with Gasteiger partial charge in [-0.2, -0.15) is 0 Å². The van der Waals surface area contributed by atoms with Crippen molar-refractivity contribution in [2.45, 2.75) is 25.9 Å². The quantitative estimate of drug-likeness (QED) is 0.848. The van der Waals surface area contributed by atoms with Crippen molar-refractivity contribution in [3.8, 4) is 5.75 Å². The molecule has 1 heterocycles. The van der Waals surface area contributed by atoms with Crippen LogP contribution in [0.2, 0.25) is 0 Å². The molecule has 19 heavy (non-hydrogen) atoms. The van der Waals surface area contributed by atoms with Crippen molar-refractivity contribution in [3.63, 3.8) is 0 Å². The molecule has 0 bridgehead atoms. The Kier molecular flexibility index (Phi) is 4.39. The van der Waals surface area contributed by atoms with E-state index in [-0.39, 0.29) is 11.9 Å². The Balaban J connectivity index is 1.78. The van der Waals surface area contributed by atoms with Crippen LogP contribution in [-0.4, -0.2) is 31.1 Å². The molecule has 2 rings (SSSR count). The normalized spacial score (nSPS) is 17.7. The van der Waals surface area contributed by atoms with E-state index < -0.39 is 6.09 Å². The second-order valence-electron chi connectivity index (χ2n) is 4.57. The summed E-state index contributed by atoms with van der Waals surface area (Å²) in [5.41, 5.74) is 1.11. The Morgan fingerprint density at radius 1 is 1.42 bits per heavy atom. The highest BCUT2D eigenvalue weighted by molar-refractivity contribution is 5.75. The molecule has 102 valence electrons. The Labute approximate surface area is 111 Å². The van der Waals surface area contributed by atoms with Gasteiger partial charge in [-0.1, -0.05) is 12.1 Å². The summed E-state index contributed by atoms with van der Waals surface area (Å²) in [4.78, 5) is 21.7. The Morgan fingerprint density at radius 3 is 2.74 bits per heavy atom. The van der Waals surface area contributed by atoms with Crippen molar-refractivity contribution in [2.24, 2.45) is 0 Å². The van der Waals surface area contributed by atoms with Crippen LogP contribution >= 0.6 is 0 Å². The van der Waals surface area contributed by atoms with E-state index in [1.165, 1.54) is 0 Å². The van der Waals surface area contributed by atoms with Crippen LogP contribution in [0.3, 0.4) is 0 Å². The zero-order valence-electron chi connectivity index (χ0n) is 10.8. The number of cyclic esters (lactones) is 1. The standard InChI is InChI=1S/C14H17NO4/c1-10(16)2-3-11-4-6-12(7-5-11)18-9-13-8-15-14(17)19-13/h4-7,13H,2-3,8-9H2,1H3,(H,15,17). The van der Waals surface area contributed by atoms with E-state index in [2.05, 4.69) is 5.32 Å². The lowest BCUT2D eigenvalue weighted by atomic mass is 10.1. The molecule has 0 saturated carbocycles. The van der Waals surface area contributed by atoms with Gasteiger partial charge in [0.05, 0.1) is 6.54 Å². The molecule has 1 aliphatic heterocycles. The maximum absolute atomic E-state index is 10.9. The van der Waals surface area contributed by atoms with Crippen LogP contribution in [0.1, 0.15) is 18.9 Å². The smallest absolute Gasteiger partial charge is 0.407 e. The Morgan fingerprint density at radius 2 is 2.16 bits per heavy atom. The number of rotatable bonds is 6. The van der Waals surface area contributed by atoms with Crippen molar-refractivity contribution in [2.75, 3.05) is 13.2 Å². The zero-order valence-corrected chi connectivity index (χ0v) is 10.8. The number of hydrogen-bond acceptors (Lipinski definition) is 4. The first kappa shape index (κ1) is 13.4. The van der Waals surface area contributed by atoms with Gasteiger partial charge >= 0.3 is 6.09 Å². The molecule has 1 fully saturated rings. The molecule has 0 spiro atoms. The maximum Gasteiger partial charge on any atom is 0.407 e. The summed E-state index contributed by atoms with van der Waals surface area (Å²) >= 11 is 0. The van der Waals surface area contributed by atoms with Crippen molar-refractivity contribution in [1.29, 1.82) is 0 Å². The highest BCUT2D eigenvalue weighted by atomic mass is 16.6. The van der Waals surface area contributed by atoms with Crippen LogP contribution in [0.5, 0.6) is 5.75 Å². The molecule has 0 aromatic heterocycles. The third kappa shape index (κ3) is 4.28. The third-order valence-corrected chi connectivity index (χ3v) is 2.87. The van der Waals surface area contributed by atoms with Crippen molar-refractivity contribution in [1.82, 2.24) is 5.32 Å². The van der Waals surface area contributed by atoms with Crippen LogP contribution in [0, 0.1) is 0 Å². The maximum atomic E-state index is 10.9. The summed E-state index contributed by atoms with van der Waals surface area (Å²) in [6.45, 7) is 2.41. The summed E-state index contributed by atoms with van der Waals surface area (Å²) in [5, 5.41) is 2.57. The second kappa shape index (κ2) is 6.22. The number of benzene rings is 1. The number of alkyl carbamates (subject to hydrolysis) is 1. The first-order valence-electron chi connectivity index (χ1n) is 6.29. The molecule has 1 unspecified atom stereocenters. The molecule has 5 heteroatoms. The topological polar surface area (TPSA) is 64.6 Å². The van der Waals surface area contributed by atoms with Gasteiger partial charge in [-0.3, -0.25) is 0 Å². The van der Waals surface area contributed by atoms with E-state index in [4.69, 9.17) is 9.47 Å². The van der Waals surface area contributed by atoms with Gasteiger partial charge in [-0.15, -0.1) is 0 Å². The number of amides is 1. The number of carbonyl (C=O) groups is 2. The lowest BCUT2D eigenvalue weighted by Gasteiger charge is -2.10. The highest BCUT2D eigenvalue weighted by Crippen LogP contribution is 2.14. The molecule has 1 aliphatic rings. The fourth-order valence-electron chi connectivity index (χ4n) is 1.79. The fourth-order valence-corrected chi connectivity index (χ4v) is 1.79. The number of carbonyl (C=O) groups excluding carboxylic acids is 2. The van der Waals surface area contributed by atoms with E-state index in [1.807, 2.05) is 24.3 Å². The SMILES string of the molecule is CC(=O)CCc1ccc(OCC2CNC(=O)O2)cc1. The van der Waals surface area contributed by atoms with Crippen LogP contribution in [0.15, 0.2) is 24.3 Å².